The van der Waals surface area contributed by atoms with Crippen LogP contribution in [-0.4, -0.2) is 64.8 Å². The van der Waals surface area contributed by atoms with Gasteiger partial charge in [-0.3, -0.25) is 9.69 Å². The zero-order valence-electron chi connectivity index (χ0n) is 18.6. The number of carbonyl (C=O) groups is 1. The lowest BCUT2D eigenvalue weighted by Crippen LogP contribution is -2.49. The van der Waals surface area contributed by atoms with Crippen LogP contribution in [0.4, 0.5) is 18.3 Å². The van der Waals surface area contributed by atoms with Gasteiger partial charge in [0.15, 0.2) is 10.8 Å². The Labute approximate surface area is 194 Å². The molecule has 1 atom stereocenters. The van der Waals surface area contributed by atoms with Crippen molar-refractivity contribution in [2.45, 2.75) is 38.8 Å². The van der Waals surface area contributed by atoms with Crippen molar-refractivity contribution in [1.29, 1.82) is 0 Å². The van der Waals surface area contributed by atoms with Gasteiger partial charge in [-0.2, -0.15) is 13.2 Å². The molecule has 0 spiro atoms. The summed E-state index contributed by atoms with van der Waals surface area (Å²) in [6.07, 6.45) is 0.991. The molecule has 2 aromatic heterocycles. The molecule has 3 heterocycles. The number of carbonyl (C=O) groups excluding carboxylic acids is 1. The van der Waals surface area contributed by atoms with Gasteiger partial charge >= 0.3 is 6.18 Å². The molecule has 0 amide bonds. The molecule has 1 saturated heterocycles. The first-order valence-corrected chi connectivity index (χ1v) is 12.1. The molecule has 1 aliphatic rings. The van der Waals surface area contributed by atoms with Gasteiger partial charge in [-0.05, 0) is 30.4 Å². The van der Waals surface area contributed by atoms with Gasteiger partial charge in [0, 0.05) is 49.7 Å². The number of hydrogen-bond donors (Lipinski definition) is 1. The maximum atomic E-state index is 13.0. The molecule has 0 radical (unpaired) electrons. The van der Waals surface area contributed by atoms with Crippen molar-refractivity contribution in [3.05, 3.63) is 41.0 Å². The third-order valence-electron chi connectivity index (χ3n) is 6.05. The number of halogens is 3. The van der Waals surface area contributed by atoms with Crippen LogP contribution in [0.5, 0.6) is 0 Å². The Kier molecular flexibility index (Phi) is 7.33. The molecule has 178 valence electrons. The third kappa shape index (κ3) is 6.11. The Morgan fingerprint density at radius 3 is 2.67 bits per heavy atom. The Morgan fingerprint density at radius 2 is 1.94 bits per heavy atom. The van der Waals surface area contributed by atoms with Crippen molar-refractivity contribution in [2.24, 2.45) is 5.92 Å². The normalized spacial score (nSPS) is 16.4. The second-order valence-corrected chi connectivity index (χ2v) is 9.57. The van der Waals surface area contributed by atoms with E-state index >= 15 is 0 Å². The molecule has 0 bridgehead atoms. The maximum absolute atomic E-state index is 13.0. The number of ketones is 1. The topological polar surface area (TPSA) is 65.1 Å². The van der Waals surface area contributed by atoms with Crippen molar-refractivity contribution < 1.29 is 18.0 Å². The number of hydrogen-bond acceptors (Lipinski definition) is 6. The van der Waals surface area contributed by atoms with Gasteiger partial charge in [0.2, 0.25) is 5.13 Å². The maximum Gasteiger partial charge on any atom is 0.401 e. The molecular weight excluding hydrogens is 451 g/mol. The third-order valence-corrected chi connectivity index (χ3v) is 7.08. The van der Waals surface area contributed by atoms with Crippen molar-refractivity contribution in [3.8, 4) is 0 Å². The van der Waals surface area contributed by atoms with Gasteiger partial charge in [-0.25, -0.2) is 0 Å². The summed E-state index contributed by atoms with van der Waals surface area (Å²) in [5.41, 5.74) is 2.31. The lowest BCUT2D eigenvalue weighted by atomic mass is 9.90. The van der Waals surface area contributed by atoms with Crippen molar-refractivity contribution in [2.75, 3.05) is 37.6 Å². The van der Waals surface area contributed by atoms with Gasteiger partial charge in [0.25, 0.3) is 0 Å². The van der Waals surface area contributed by atoms with Crippen LogP contribution in [0.15, 0.2) is 30.5 Å². The zero-order chi connectivity index (χ0) is 23.4. The first kappa shape index (κ1) is 23.7. The van der Waals surface area contributed by atoms with E-state index in [0.29, 0.717) is 42.7 Å². The molecule has 6 nitrogen and oxygen atoms in total. The summed E-state index contributed by atoms with van der Waals surface area (Å²) in [6.45, 7) is 2.73. The molecule has 0 aliphatic carbocycles. The lowest BCUT2D eigenvalue weighted by molar-refractivity contribution is -0.146. The molecule has 1 aromatic carbocycles. The van der Waals surface area contributed by atoms with E-state index in [4.69, 9.17) is 0 Å². The first-order chi connectivity index (χ1) is 15.8. The van der Waals surface area contributed by atoms with Gasteiger partial charge in [-0.1, -0.05) is 42.9 Å². The molecule has 1 unspecified atom stereocenters. The number of fused-ring (bicyclic) bond motifs is 1. The summed E-state index contributed by atoms with van der Waals surface area (Å²) in [7, 11) is 0. The van der Waals surface area contributed by atoms with Crippen molar-refractivity contribution in [1.82, 2.24) is 20.1 Å². The predicted octanol–water partition coefficient (Wildman–Crippen LogP) is 4.94. The van der Waals surface area contributed by atoms with E-state index in [1.54, 1.807) is 0 Å². The number of nitrogens with one attached hydrogen (secondary N) is 1. The Morgan fingerprint density at radius 1 is 1.18 bits per heavy atom. The highest BCUT2D eigenvalue weighted by molar-refractivity contribution is 7.17. The Balaban J connectivity index is 1.36. The number of alkyl halides is 3. The number of rotatable bonds is 9. The van der Waals surface area contributed by atoms with Crippen LogP contribution in [0.3, 0.4) is 0 Å². The zero-order valence-corrected chi connectivity index (χ0v) is 19.4. The van der Waals surface area contributed by atoms with Gasteiger partial charge in [0.1, 0.15) is 0 Å². The summed E-state index contributed by atoms with van der Waals surface area (Å²) in [4.78, 5) is 19.6. The van der Waals surface area contributed by atoms with Gasteiger partial charge < -0.3 is 9.88 Å². The molecule has 10 heteroatoms. The second kappa shape index (κ2) is 10.2. The summed E-state index contributed by atoms with van der Waals surface area (Å²) in [5.74, 6) is 0.188. The van der Waals surface area contributed by atoms with Crippen LogP contribution in [0.2, 0.25) is 0 Å². The van der Waals surface area contributed by atoms with Crippen LogP contribution in [0, 0.1) is 5.92 Å². The quantitative estimate of drug-likeness (QED) is 0.441. The molecule has 0 saturated carbocycles. The first-order valence-electron chi connectivity index (χ1n) is 11.3. The van der Waals surface area contributed by atoms with E-state index in [1.807, 2.05) is 29.3 Å². The molecule has 33 heavy (non-hydrogen) atoms. The SMILES string of the molecule is CCCC(CC(=O)c1nnc(N2CCN(CC(F)(F)F)CC2)s1)Cc1c[nH]c2ccccc12. The largest absolute Gasteiger partial charge is 0.401 e. The number of aromatic amines is 1. The fraction of sp³-hybridized carbons (Fsp3) is 0.522. The number of anilines is 1. The van der Waals surface area contributed by atoms with Crippen LogP contribution in [-0.2, 0) is 6.42 Å². The fourth-order valence-corrected chi connectivity index (χ4v) is 5.30. The van der Waals surface area contributed by atoms with E-state index in [1.165, 1.54) is 27.2 Å². The van der Waals surface area contributed by atoms with E-state index in [-0.39, 0.29) is 11.7 Å². The molecular formula is C23H28F3N5OS. The summed E-state index contributed by atoms with van der Waals surface area (Å²) < 4.78 is 37.8. The summed E-state index contributed by atoms with van der Waals surface area (Å²) in [6, 6.07) is 8.16. The number of para-hydroxylation sites is 1. The van der Waals surface area contributed by atoms with Crippen LogP contribution in [0.25, 0.3) is 10.9 Å². The minimum Gasteiger partial charge on any atom is -0.361 e. The van der Waals surface area contributed by atoms with Crippen LogP contribution >= 0.6 is 11.3 Å². The number of benzene rings is 1. The highest BCUT2D eigenvalue weighted by Gasteiger charge is 2.32. The van der Waals surface area contributed by atoms with E-state index in [2.05, 4.69) is 28.2 Å². The fourth-order valence-electron chi connectivity index (χ4n) is 4.45. The van der Waals surface area contributed by atoms with E-state index in [0.717, 1.165) is 24.8 Å². The molecule has 4 rings (SSSR count). The Hall–Kier alpha value is -2.46. The highest BCUT2D eigenvalue weighted by Crippen LogP contribution is 2.28. The minimum absolute atomic E-state index is 0.0206. The number of H-pyrrole nitrogens is 1. The molecule has 3 aromatic rings. The smallest absolute Gasteiger partial charge is 0.361 e. The van der Waals surface area contributed by atoms with Gasteiger partial charge in [-0.15, -0.1) is 10.2 Å². The standard InChI is InChI=1S/C23H28F3N5OS/c1-2-5-16(12-17-14-27-19-7-4-3-6-18(17)19)13-20(32)21-28-29-22(33-21)31-10-8-30(9-11-31)15-23(24,25)26/h3-4,6-7,14,16,27H,2,5,8-13,15H2,1H3. The minimum atomic E-state index is -4.19. The number of nitrogens with zero attached hydrogens (tertiary/aromatic N) is 4. The average molecular weight is 480 g/mol. The summed E-state index contributed by atoms with van der Waals surface area (Å²) in [5, 5.41) is 10.4. The van der Waals surface area contributed by atoms with Gasteiger partial charge in [0.05, 0.1) is 6.54 Å². The lowest BCUT2D eigenvalue weighted by Gasteiger charge is -2.34. The Bertz CT molecular complexity index is 1070. The van der Waals surface area contributed by atoms with Crippen molar-refractivity contribution in [3.63, 3.8) is 0 Å². The monoisotopic (exact) mass is 479 g/mol. The van der Waals surface area contributed by atoms with Crippen molar-refractivity contribution >= 4 is 33.2 Å². The summed E-state index contributed by atoms with van der Waals surface area (Å²) >= 11 is 1.24. The highest BCUT2D eigenvalue weighted by atomic mass is 32.1. The predicted molar refractivity (Wildman–Crippen MR) is 124 cm³/mol. The van der Waals surface area contributed by atoms with Crippen LogP contribution < -0.4 is 4.90 Å². The number of aromatic nitrogens is 3. The van der Waals surface area contributed by atoms with E-state index < -0.39 is 12.7 Å². The average Bonchev–Trinajstić information content (AvgIpc) is 3.41. The van der Waals surface area contributed by atoms with Crippen LogP contribution in [0.1, 0.15) is 41.6 Å². The molecule has 1 fully saturated rings. The molecule has 1 aliphatic heterocycles. The molecule has 1 N–H and O–H groups in total. The second-order valence-electron chi connectivity index (χ2n) is 8.61. The number of piperazine rings is 1. The van der Waals surface area contributed by atoms with E-state index in [9.17, 15) is 18.0 Å². The number of Topliss-reactive ketones (excluding diaryl/α,β-unsaturated/α-hetero) is 1.